The number of imide groups is 1. The summed E-state index contributed by atoms with van der Waals surface area (Å²) in [7, 11) is 0. The molecule has 1 aromatic rings. The molecule has 2 heterocycles. The second kappa shape index (κ2) is 9.20. The Morgan fingerprint density at radius 3 is 2.59 bits per heavy atom. The molecule has 0 aliphatic carbocycles. The molecule has 0 saturated carbocycles. The molecule has 156 valence electrons. The van der Waals surface area contributed by atoms with E-state index < -0.39 is 11.6 Å². The summed E-state index contributed by atoms with van der Waals surface area (Å²) in [5.41, 5.74) is 0.897. The second-order valence-corrected chi connectivity index (χ2v) is 8.00. The van der Waals surface area contributed by atoms with E-state index in [1.807, 2.05) is 30.3 Å². The zero-order valence-electron chi connectivity index (χ0n) is 17.3. The molecule has 7 nitrogen and oxygen atoms in total. The van der Waals surface area contributed by atoms with E-state index in [9.17, 15) is 14.4 Å². The van der Waals surface area contributed by atoms with Crippen molar-refractivity contribution in [2.45, 2.75) is 64.3 Å². The van der Waals surface area contributed by atoms with Crippen molar-refractivity contribution in [1.29, 1.82) is 0 Å². The SMILES string of the molecule is CCCCCCC[C@]1(C)NC(=O)N(CC(=O)N2CCC(c3ccccc3)=N2)C1=O. The lowest BCUT2D eigenvalue weighted by molar-refractivity contribution is -0.138. The maximum Gasteiger partial charge on any atom is 0.325 e. The van der Waals surface area contributed by atoms with Crippen molar-refractivity contribution in [3.8, 4) is 0 Å². The lowest BCUT2D eigenvalue weighted by Gasteiger charge is -2.22. The van der Waals surface area contributed by atoms with Gasteiger partial charge in [0.1, 0.15) is 12.1 Å². The number of hydrogen-bond acceptors (Lipinski definition) is 4. The minimum absolute atomic E-state index is 0.276. The monoisotopic (exact) mass is 398 g/mol. The van der Waals surface area contributed by atoms with Crippen molar-refractivity contribution in [3.05, 3.63) is 35.9 Å². The maximum absolute atomic E-state index is 12.8. The number of nitrogens with zero attached hydrogens (tertiary/aromatic N) is 3. The number of nitrogens with one attached hydrogen (secondary N) is 1. The molecule has 29 heavy (non-hydrogen) atoms. The van der Waals surface area contributed by atoms with Crippen molar-refractivity contribution in [1.82, 2.24) is 15.2 Å². The Bertz CT molecular complexity index is 793. The number of urea groups is 1. The van der Waals surface area contributed by atoms with Crippen LogP contribution in [0.3, 0.4) is 0 Å². The quantitative estimate of drug-likeness (QED) is 0.512. The van der Waals surface area contributed by atoms with E-state index in [0.29, 0.717) is 19.4 Å². The summed E-state index contributed by atoms with van der Waals surface area (Å²) in [5, 5.41) is 8.54. The summed E-state index contributed by atoms with van der Waals surface area (Å²) in [4.78, 5) is 38.9. The van der Waals surface area contributed by atoms with E-state index in [1.54, 1.807) is 6.92 Å². The first-order chi connectivity index (χ1) is 13.9. The molecular weight excluding hydrogens is 368 g/mol. The molecule has 0 unspecified atom stereocenters. The molecule has 0 spiro atoms. The van der Waals surface area contributed by atoms with E-state index in [1.165, 1.54) is 11.4 Å². The molecule has 0 bridgehead atoms. The van der Waals surface area contributed by atoms with E-state index in [0.717, 1.165) is 41.9 Å². The van der Waals surface area contributed by atoms with Gasteiger partial charge in [0.05, 0.1) is 12.3 Å². The van der Waals surface area contributed by atoms with Gasteiger partial charge < -0.3 is 5.32 Å². The number of benzene rings is 1. The highest BCUT2D eigenvalue weighted by Crippen LogP contribution is 2.24. The average molecular weight is 399 g/mol. The molecule has 4 amide bonds. The van der Waals surface area contributed by atoms with E-state index >= 15 is 0 Å². The number of carbonyl (C=O) groups is 3. The maximum atomic E-state index is 12.8. The summed E-state index contributed by atoms with van der Waals surface area (Å²) >= 11 is 0. The Morgan fingerprint density at radius 2 is 1.86 bits per heavy atom. The van der Waals surface area contributed by atoms with E-state index in [4.69, 9.17) is 0 Å². The van der Waals surface area contributed by atoms with Crippen LogP contribution in [-0.2, 0) is 9.59 Å². The van der Waals surface area contributed by atoms with E-state index in [2.05, 4.69) is 17.3 Å². The van der Waals surface area contributed by atoms with Crippen LogP contribution in [0.15, 0.2) is 35.4 Å². The zero-order chi connectivity index (χ0) is 20.9. The summed E-state index contributed by atoms with van der Waals surface area (Å²) in [6.45, 7) is 4.09. The highest BCUT2D eigenvalue weighted by molar-refractivity contribution is 6.09. The van der Waals surface area contributed by atoms with Gasteiger partial charge >= 0.3 is 6.03 Å². The van der Waals surface area contributed by atoms with Crippen LogP contribution in [0.1, 0.15) is 64.4 Å². The predicted octanol–water partition coefficient (Wildman–Crippen LogP) is 3.29. The van der Waals surface area contributed by atoms with Gasteiger partial charge in [-0.2, -0.15) is 5.10 Å². The predicted molar refractivity (Wildman–Crippen MR) is 111 cm³/mol. The minimum Gasteiger partial charge on any atom is -0.323 e. The Labute approximate surface area is 172 Å². The first-order valence-corrected chi connectivity index (χ1v) is 10.5. The summed E-state index contributed by atoms with van der Waals surface area (Å²) in [6, 6.07) is 9.20. The highest BCUT2D eigenvalue weighted by Gasteiger charge is 2.48. The summed E-state index contributed by atoms with van der Waals surface area (Å²) < 4.78 is 0. The van der Waals surface area contributed by atoms with E-state index in [-0.39, 0.29) is 18.4 Å². The van der Waals surface area contributed by atoms with Crippen LogP contribution < -0.4 is 5.32 Å². The van der Waals surface area contributed by atoms with Gasteiger partial charge in [-0.15, -0.1) is 0 Å². The Kier molecular flexibility index (Phi) is 6.67. The Hall–Kier alpha value is -2.70. The molecule has 1 fully saturated rings. The van der Waals surface area contributed by atoms with Crippen LogP contribution in [0.5, 0.6) is 0 Å². The summed E-state index contributed by atoms with van der Waals surface area (Å²) in [5.74, 6) is -0.663. The number of hydrogen-bond donors (Lipinski definition) is 1. The number of amides is 4. The molecule has 1 N–H and O–H groups in total. The van der Waals surface area contributed by atoms with Crippen LogP contribution in [0.2, 0.25) is 0 Å². The number of rotatable bonds is 9. The van der Waals surface area contributed by atoms with Crippen molar-refractivity contribution in [3.63, 3.8) is 0 Å². The number of hydrazone groups is 1. The lowest BCUT2D eigenvalue weighted by atomic mass is 9.94. The highest BCUT2D eigenvalue weighted by atomic mass is 16.2. The average Bonchev–Trinajstić information content (AvgIpc) is 3.29. The lowest BCUT2D eigenvalue weighted by Crippen LogP contribution is -2.45. The fourth-order valence-corrected chi connectivity index (χ4v) is 3.83. The standard InChI is InChI=1S/C22H30N4O3/c1-3-4-5-6-10-14-22(2)20(28)25(21(29)23-22)16-19(27)26-15-13-18(24-26)17-11-8-7-9-12-17/h7-9,11-12H,3-6,10,13-16H2,1-2H3,(H,23,29)/t22-/m0/s1. The topological polar surface area (TPSA) is 82.1 Å². The van der Waals surface area contributed by atoms with Gasteiger partial charge in [-0.3, -0.25) is 14.5 Å². The first-order valence-electron chi connectivity index (χ1n) is 10.5. The normalized spacial score (nSPS) is 21.5. The zero-order valence-corrected chi connectivity index (χ0v) is 17.3. The third-order valence-corrected chi connectivity index (χ3v) is 5.62. The van der Waals surface area contributed by atoms with Gasteiger partial charge in [0, 0.05) is 6.42 Å². The van der Waals surface area contributed by atoms with Gasteiger partial charge in [-0.1, -0.05) is 69.4 Å². The first kappa shape index (κ1) is 21.0. The van der Waals surface area contributed by atoms with Crippen molar-refractivity contribution < 1.29 is 14.4 Å². The fourth-order valence-electron chi connectivity index (χ4n) is 3.83. The smallest absolute Gasteiger partial charge is 0.323 e. The number of carbonyl (C=O) groups excluding carboxylic acids is 3. The molecular formula is C22H30N4O3. The largest absolute Gasteiger partial charge is 0.325 e. The van der Waals surface area contributed by atoms with Crippen molar-refractivity contribution >= 4 is 23.6 Å². The van der Waals surface area contributed by atoms with Crippen LogP contribution in [0.4, 0.5) is 4.79 Å². The number of unbranched alkanes of at least 4 members (excludes halogenated alkanes) is 4. The molecule has 0 radical (unpaired) electrons. The van der Waals surface area contributed by atoms with Crippen LogP contribution in [0.25, 0.3) is 0 Å². The molecule has 2 aliphatic rings. The molecule has 1 aromatic carbocycles. The Morgan fingerprint density at radius 1 is 1.14 bits per heavy atom. The fraction of sp³-hybridized carbons (Fsp3) is 0.545. The minimum atomic E-state index is -0.924. The second-order valence-electron chi connectivity index (χ2n) is 8.00. The van der Waals surface area contributed by atoms with Gasteiger partial charge in [0.2, 0.25) is 0 Å². The summed E-state index contributed by atoms with van der Waals surface area (Å²) in [6.07, 6.45) is 6.63. The van der Waals surface area contributed by atoms with Gasteiger partial charge in [0.25, 0.3) is 11.8 Å². The molecule has 1 atom stereocenters. The van der Waals surface area contributed by atoms with Gasteiger partial charge in [0.15, 0.2) is 0 Å². The molecule has 7 heteroatoms. The van der Waals surface area contributed by atoms with Crippen molar-refractivity contribution in [2.24, 2.45) is 5.10 Å². The molecule has 0 aromatic heterocycles. The van der Waals surface area contributed by atoms with Gasteiger partial charge in [-0.25, -0.2) is 9.80 Å². The third kappa shape index (κ3) is 4.83. The molecule has 2 aliphatic heterocycles. The molecule has 3 rings (SSSR count). The third-order valence-electron chi connectivity index (χ3n) is 5.62. The van der Waals surface area contributed by atoms with Crippen LogP contribution >= 0.6 is 0 Å². The Balaban J connectivity index is 1.57. The van der Waals surface area contributed by atoms with Crippen LogP contribution in [-0.4, -0.2) is 52.1 Å². The van der Waals surface area contributed by atoms with Crippen molar-refractivity contribution in [2.75, 3.05) is 13.1 Å². The molecule has 1 saturated heterocycles. The van der Waals surface area contributed by atoms with Crippen LogP contribution in [0, 0.1) is 0 Å². The van der Waals surface area contributed by atoms with Gasteiger partial charge in [-0.05, 0) is 18.9 Å².